The number of rotatable bonds is 3. The van der Waals surface area contributed by atoms with E-state index in [0.717, 1.165) is 5.52 Å². The van der Waals surface area contributed by atoms with Crippen molar-refractivity contribution in [2.45, 2.75) is 13.5 Å². The molecule has 5 nitrogen and oxygen atoms in total. The van der Waals surface area contributed by atoms with Gasteiger partial charge in [-0.1, -0.05) is 21.1 Å². The Kier molecular flexibility index (Phi) is 3.89. The van der Waals surface area contributed by atoms with E-state index in [1.54, 1.807) is 28.9 Å². The number of carbonyl (C=O) groups is 1. The minimum Gasteiger partial charge on any atom is -0.319 e. The summed E-state index contributed by atoms with van der Waals surface area (Å²) in [5.74, 6) is -0.894. The Balaban J connectivity index is 1.88. The molecule has 1 heterocycles. The topological polar surface area (TPSA) is 59.8 Å². The maximum absolute atomic E-state index is 13.8. The van der Waals surface area contributed by atoms with Gasteiger partial charge in [-0.15, -0.1) is 5.10 Å². The summed E-state index contributed by atoms with van der Waals surface area (Å²) in [6.07, 6.45) is 0. The van der Waals surface area contributed by atoms with E-state index in [1.165, 1.54) is 12.1 Å². The van der Waals surface area contributed by atoms with Crippen molar-refractivity contribution in [1.82, 2.24) is 15.0 Å². The molecule has 0 saturated carbocycles. The minimum absolute atomic E-state index is 0.130. The highest BCUT2D eigenvalue weighted by atomic mass is 79.9. The number of benzene rings is 2. The van der Waals surface area contributed by atoms with E-state index in [9.17, 15) is 9.18 Å². The number of hydrogen-bond donors (Lipinski definition) is 1. The molecule has 0 atom stereocenters. The van der Waals surface area contributed by atoms with Gasteiger partial charge in [0, 0.05) is 16.6 Å². The van der Waals surface area contributed by atoms with Gasteiger partial charge in [0.25, 0.3) is 5.91 Å². The lowest BCUT2D eigenvalue weighted by Crippen LogP contribution is -2.13. The van der Waals surface area contributed by atoms with Gasteiger partial charge < -0.3 is 5.32 Å². The molecule has 22 heavy (non-hydrogen) atoms. The van der Waals surface area contributed by atoms with Crippen molar-refractivity contribution in [2.75, 3.05) is 5.32 Å². The van der Waals surface area contributed by atoms with Crippen molar-refractivity contribution in [3.63, 3.8) is 0 Å². The number of aromatic nitrogens is 3. The molecule has 0 aliphatic rings. The lowest BCUT2D eigenvalue weighted by Gasteiger charge is -2.07. The summed E-state index contributed by atoms with van der Waals surface area (Å²) < 4.78 is 16.1. The molecule has 0 saturated heterocycles. The van der Waals surface area contributed by atoms with Gasteiger partial charge >= 0.3 is 0 Å². The number of halogens is 2. The quantitative estimate of drug-likeness (QED) is 0.774. The zero-order valence-electron chi connectivity index (χ0n) is 11.7. The molecule has 3 aromatic rings. The summed E-state index contributed by atoms with van der Waals surface area (Å²) in [4.78, 5) is 12.2. The first kappa shape index (κ1) is 14.6. The Morgan fingerprint density at radius 2 is 2.14 bits per heavy atom. The van der Waals surface area contributed by atoms with Crippen LogP contribution in [0.4, 0.5) is 10.1 Å². The monoisotopic (exact) mass is 362 g/mol. The Morgan fingerprint density at radius 3 is 2.86 bits per heavy atom. The average molecular weight is 363 g/mol. The first-order valence-corrected chi connectivity index (χ1v) is 7.47. The highest BCUT2D eigenvalue weighted by molar-refractivity contribution is 9.10. The second-order valence-electron chi connectivity index (χ2n) is 4.69. The third-order valence-corrected chi connectivity index (χ3v) is 3.75. The highest BCUT2D eigenvalue weighted by Crippen LogP contribution is 2.21. The fourth-order valence-electron chi connectivity index (χ4n) is 2.13. The summed E-state index contributed by atoms with van der Waals surface area (Å²) in [6.45, 7) is 2.66. The van der Waals surface area contributed by atoms with Crippen molar-refractivity contribution in [3.8, 4) is 0 Å². The molecule has 112 valence electrons. The van der Waals surface area contributed by atoms with Gasteiger partial charge in [0.05, 0.1) is 11.2 Å². The molecular formula is C15H12BrFN4O. The number of nitrogens with one attached hydrogen (secondary N) is 1. The van der Waals surface area contributed by atoms with Crippen molar-refractivity contribution >= 4 is 38.6 Å². The number of aryl methyl sites for hydroxylation is 1. The number of nitrogens with zero attached hydrogens (tertiary/aromatic N) is 3. The van der Waals surface area contributed by atoms with Crippen LogP contribution in [-0.4, -0.2) is 20.9 Å². The van der Waals surface area contributed by atoms with Crippen molar-refractivity contribution in [2.24, 2.45) is 0 Å². The molecule has 7 heteroatoms. The van der Waals surface area contributed by atoms with Crippen LogP contribution in [0.15, 0.2) is 40.9 Å². The Bertz CT molecular complexity index is 862. The number of hydrogen-bond acceptors (Lipinski definition) is 3. The molecule has 0 fully saturated rings. The van der Waals surface area contributed by atoms with Crippen LogP contribution in [-0.2, 0) is 6.54 Å². The summed E-state index contributed by atoms with van der Waals surface area (Å²) in [5, 5.41) is 10.6. The van der Waals surface area contributed by atoms with E-state index in [0.29, 0.717) is 22.1 Å². The smallest absolute Gasteiger partial charge is 0.255 e. The van der Waals surface area contributed by atoms with E-state index in [1.807, 2.05) is 6.92 Å². The van der Waals surface area contributed by atoms with Crippen LogP contribution < -0.4 is 5.32 Å². The van der Waals surface area contributed by atoms with E-state index >= 15 is 0 Å². The van der Waals surface area contributed by atoms with Crippen LogP contribution in [0.5, 0.6) is 0 Å². The fourth-order valence-corrected chi connectivity index (χ4v) is 2.47. The van der Waals surface area contributed by atoms with Gasteiger partial charge in [-0.2, -0.15) is 0 Å². The predicted octanol–water partition coefficient (Wildman–Crippen LogP) is 3.61. The molecule has 0 unspecified atom stereocenters. The lowest BCUT2D eigenvalue weighted by atomic mass is 10.1. The molecule has 3 rings (SSSR count). The SMILES string of the molecule is CCn1nnc2cc(C(=O)Nc3ccc(Br)cc3F)ccc21. The first-order chi connectivity index (χ1) is 10.6. The van der Waals surface area contributed by atoms with E-state index in [-0.39, 0.29) is 5.69 Å². The van der Waals surface area contributed by atoms with Crippen molar-refractivity contribution in [1.29, 1.82) is 0 Å². The summed E-state index contributed by atoms with van der Waals surface area (Å²) in [6, 6.07) is 9.56. The normalized spacial score (nSPS) is 10.9. The van der Waals surface area contributed by atoms with Gasteiger partial charge in [-0.25, -0.2) is 9.07 Å². The molecule has 1 aromatic heterocycles. The van der Waals surface area contributed by atoms with E-state index in [4.69, 9.17) is 0 Å². The Hall–Kier alpha value is -2.28. The first-order valence-electron chi connectivity index (χ1n) is 6.68. The maximum Gasteiger partial charge on any atom is 0.255 e. The molecule has 0 aliphatic heterocycles. The van der Waals surface area contributed by atoms with Gasteiger partial charge in [-0.05, 0) is 43.3 Å². The Labute approximate surface area is 134 Å². The molecule has 0 bridgehead atoms. The van der Waals surface area contributed by atoms with Crippen LogP contribution in [0.25, 0.3) is 11.0 Å². The van der Waals surface area contributed by atoms with Crippen LogP contribution >= 0.6 is 15.9 Å². The highest BCUT2D eigenvalue weighted by Gasteiger charge is 2.12. The van der Waals surface area contributed by atoms with Crippen molar-refractivity contribution in [3.05, 3.63) is 52.3 Å². The van der Waals surface area contributed by atoms with E-state index < -0.39 is 11.7 Å². The predicted molar refractivity (Wildman–Crippen MR) is 85.3 cm³/mol. The zero-order chi connectivity index (χ0) is 15.7. The summed E-state index contributed by atoms with van der Waals surface area (Å²) >= 11 is 3.17. The fraction of sp³-hybridized carbons (Fsp3) is 0.133. The van der Waals surface area contributed by atoms with Gasteiger partial charge in [-0.3, -0.25) is 4.79 Å². The lowest BCUT2D eigenvalue weighted by molar-refractivity contribution is 0.102. The molecule has 0 radical (unpaired) electrons. The van der Waals surface area contributed by atoms with Crippen molar-refractivity contribution < 1.29 is 9.18 Å². The van der Waals surface area contributed by atoms with Crippen LogP contribution in [0.3, 0.4) is 0 Å². The minimum atomic E-state index is -0.499. The van der Waals surface area contributed by atoms with Crippen LogP contribution in [0, 0.1) is 5.82 Å². The van der Waals surface area contributed by atoms with E-state index in [2.05, 4.69) is 31.6 Å². The maximum atomic E-state index is 13.8. The number of fused-ring (bicyclic) bond motifs is 1. The summed E-state index contributed by atoms with van der Waals surface area (Å²) in [7, 11) is 0. The van der Waals surface area contributed by atoms with Crippen LogP contribution in [0.2, 0.25) is 0 Å². The summed E-state index contributed by atoms with van der Waals surface area (Å²) in [5.41, 5.74) is 2.02. The molecule has 0 aliphatic carbocycles. The second kappa shape index (κ2) is 5.84. The van der Waals surface area contributed by atoms with Gasteiger partial charge in [0.2, 0.25) is 0 Å². The molecule has 0 spiro atoms. The third-order valence-electron chi connectivity index (χ3n) is 3.25. The number of amides is 1. The third kappa shape index (κ3) is 2.71. The number of anilines is 1. The molecular weight excluding hydrogens is 351 g/mol. The second-order valence-corrected chi connectivity index (χ2v) is 5.60. The number of carbonyl (C=O) groups excluding carboxylic acids is 1. The standard InChI is InChI=1S/C15H12BrFN4O/c1-2-21-14-6-3-9(7-13(14)19-20-21)15(22)18-12-5-4-10(16)8-11(12)17/h3-8H,2H2,1H3,(H,18,22). The van der Waals surface area contributed by atoms with Gasteiger partial charge in [0.1, 0.15) is 11.3 Å². The molecule has 2 aromatic carbocycles. The molecule has 1 amide bonds. The average Bonchev–Trinajstić information content (AvgIpc) is 2.92. The van der Waals surface area contributed by atoms with Gasteiger partial charge in [0.15, 0.2) is 0 Å². The van der Waals surface area contributed by atoms with Crippen LogP contribution in [0.1, 0.15) is 17.3 Å². The molecule has 1 N–H and O–H groups in total. The zero-order valence-corrected chi connectivity index (χ0v) is 13.3. The largest absolute Gasteiger partial charge is 0.319 e. The Morgan fingerprint density at radius 1 is 1.32 bits per heavy atom.